The van der Waals surface area contributed by atoms with Crippen LogP contribution in [0.25, 0.3) is 0 Å². The van der Waals surface area contributed by atoms with E-state index in [9.17, 15) is 0 Å². The number of hydrogen-bond donors (Lipinski definition) is 1. The Labute approximate surface area is 87.7 Å². The molecule has 2 heteroatoms. The molecule has 1 heterocycles. The first kappa shape index (κ1) is 9.07. The van der Waals surface area contributed by atoms with Crippen molar-refractivity contribution in [2.24, 2.45) is 0 Å². The van der Waals surface area contributed by atoms with Crippen LogP contribution in [0.2, 0.25) is 0 Å². The maximum absolute atomic E-state index is 3.52. The summed E-state index contributed by atoms with van der Waals surface area (Å²) in [5.41, 5.74) is 2.80. The number of rotatable bonds is 1. The number of benzene rings is 1. The van der Waals surface area contributed by atoms with Gasteiger partial charge in [0.2, 0.25) is 0 Å². The van der Waals surface area contributed by atoms with E-state index in [4.69, 9.17) is 0 Å². The van der Waals surface area contributed by atoms with Crippen molar-refractivity contribution in [3.05, 3.63) is 28.2 Å². The number of halogens is 1. The summed E-state index contributed by atoms with van der Waals surface area (Å²) in [7, 11) is 0. The molecule has 1 aromatic carbocycles. The van der Waals surface area contributed by atoms with Crippen LogP contribution >= 0.6 is 15.9 Å². The lowest BCUT2D eigenvalue weighted by molar-refractivity contribution is 0.608. The van der Waals surface area contributed by atoms with E-state index < -0.39 is 0 Å². The zero-order chi connectivity index (χ0) is 9.26. The summed E-state index contributed by atoms with van der Waals surface area (Å²) >= 11 is 3.52. The topological polar surface area (TPSA) is 12.0 Å². The molecule has 1 aliphatic rings. The van der Waals surface area contributed by atoms with Crippen molar-refractivity contribution >= 4 is 21.6 Å². The maximum Gasteiger partial charge on any atom is 0.0376 e. The van der Waals surface area contributed by atoms with Crippen molar-refractivity contribution in [1.82, 2.24) is 0 Å². The predicted molar refractivity (Wildman–Crippen MR) is 60.3 cm³/mol. The first-order valence-corrected chi connectivity index (χ1v) is 5.64. The molecule has 0 bridgehead atoms. The highest BCUT2D eigenvalue weighted by atomic mass is 79.9. The highest BCUT2D eigenvalue weighted by Gasteiger charge is 2.17. The lowest BCUT2D eigenvalue weighted by Crippen LogP contribution is -2.16. The van der Waals surface area contributed by atoms with E-state index in [2.05, 4.69) is 46.4 Å². The van der Waals surface area contributed by atoms with Gasteiger partial charge in [0.05, 0.1) is 0 Å². The molecule has 1 atom stereocenters. The molecule has 0 spiro atoms. The SMILES string of the molecule is CCC1CCNc2ccc(Br)cc21. The Morgan fingerprint density at radius 2 is 2.38 bits per heavy atom. The monoisotopic (exact) mass is 239 g/mol. The molecule has 0 fully saturated rings. The summed E-state index contributed by atoms with van der Waals surface area (Å²) < 4.78 is 1.19. The third-order valence-electron chi connectivity index (χ3n) is 2.75. The second kappa shape index (κ2) is 3.70. The molecule has 70 valence electrons. The molecule has 0 aliphatic carbocycles. The predicted octanol–water partition coefficient (Wildman–Crippen LogP) is 3.76. The largest absolute Gasteiger partial charge is 0.385 e. The Balaban J connectivity index is 2.41. The maximum atomic E-state index is 3.52. The summed E-state index contributed by atoms with van der Waals surface area (Å²) in [5, 5.41) is 3.43. The van der Waals surface area contributed by atoms with Crippen molar-refractivity contribution in [3.8, 4) is 0 Å². The molecule has 0 radical (unpaired) electrons. The second-order valence-electron chi connectivity index (χ2n) is 3.55. The van der Waals surface area contributed by atoms with Crippen LogP contribution in [-0.4, -0.2) is 6.54 Å². The van der Waals surface area contributed by atoms with Gasteiger partial charge >= 0.3 is 0 Å². The molecule has 1 unspecified atom stereocenters. The van der Waals surface area contributed by atoms with Gasteiger partial charge in [0, 0.05) is 16.7 Å². The molecule has 1 aliphatic heterocycles. The minimum absolute atomic E-state index is 0.744. The Morgan fingerprint density at radius 1 is 1.54 bits per heavy atom. The van der Waals surface area contributed by atoms with Crippen molar-refractivity contribution in [3.63, 3.8) is 0 Å². The third-order valence-corrected chi connectivity index (χ3v) is 3.25. The van der Waals surface area contributed by atoms with Gasteiger partial charge in [0.1, 0.15) is 0 Å². The van der Waals surface area contributed by atoms with Crippen LogP contribution in [-0.2, 0) is 0 Å². The molecule has 0 aromatic heterocycles. The number of hydrogen-bond acceptors (Lipinski definition) is 1. The van der Waals surface area contributed by atoms with Crippen molar-refractivity contribution in [2.75, 3.05) is 11.9 Å². The fourth-order valence-electron chi connectivity index (χ4n) is 1.99. The minimum Gasteiger partial charge on any atom is -0.385 e. The highest BCUT2D eigenvalue weighted by molar-refractivity contribution is 9.10. The molecule has 0 saturated heterocycles. The Hall–Kier alpha value is -0.500. The number of anilines is 1. The molecule has 13 heavy (non-hydrogen) atoms. The van der Waals surface area contributed by atoms with Crippen LogP contribution in [0.1, 0.15) is 31.2 Å². The number of fused-ring (bicyclic) bond motifs is 1. The van der Waals surface area contributed by atoms with E-state index in [1.807, 2.05) is 0 Å². The van der Waals surface area contributed by atoms with E-state index in [1.54, 1.807) is 0 Å². The second-order valence-corrected chi connectivity index (χ2v) is 4.47. The van der Waals surface area contributed by atoms with Gasteiger partial charge in [-0.15, -0.1) is 0 Å². The standard InChI is InChI=1S/C11H14BrN/c1-2-8-5-6-13-11-4-3-9(12)7-10(8)11/h3-4,7-8,13H,2,5-6H2,1H3. The first-order valence-electron chi connectivity index (χ1n) is 4.84. The van der Waals surface area contributed by atoms with Gasteiger partial charge < -0.3 is 5.32 Å². The van der Waals surface area contributed by atoms with Gasteiger partial charge in [-0.25, -0.2) is 0 Å². The summed E-state index contributed by atoms with van der Waals surface area (Å²) in [6.45, 7) is 3.38. The summed E-state index contributed by atoms with van der Waals surface area (Å²) in [6.07, 6.45) is 2.51. The van der Waals surface area contributed by atoms with Crippen LogP contribution in [0.3, 0.4) is 0 Å². The van der Waals surface area contributed by atoms with Crippen LogP contribution in [0.15, 0.2) is 22.7 Å². The summed E-state index contributed by atoms with van der Waals surface area (Å²) in [4.78, 5) is 0. The normalized spacial score (nSPS) is 20.6. The highest BCUT2D eigenvalue weighted by Crippen LogP contribution is 2.35. The molecular weight excluding hydrogens is 226 g/mol. The fraction of sp³-hybridized carbons (Fsp3) is 0.455. The van der Waals surface area contributed by atoms with E-state index in [1.165, 1.54) is 28.6 Å². The Morgan fingerprint density at radius 3 is 3.15 bits per heavy atom. The quantitative estimate of drug-likeness (QED) is 0.788. The van der Waals surface area contributed by atoms with Crippen molar-refractivity contribution in [1.29, 1.82) is 0 Å². The van der Waals surface area contributed by atoms with E-state index in [0.29, 0.717) is 0 Å². The molecule has 1 aromatic rings. The third kappa shape index (κ3) is 1.73. The van der Waals surface area contributed by atoms with Crippen molar-refractivity contribution in [2.45, 2.75) is 25.7 Å². The van der Waals surface area contributed by atoms with Crippen LogP contribution in [0.5, 0.6) is 0 Å². The first-order chi connectivity index (χ1) is 6.31. The van der Waals surface area contributed by atoms with Gasteiger partial charge in [0.15, 0.2) is 0 Å². The molecule has 0 amide bonds. The summed E-state index contributed by atoms with van der Waals surface area (Å²) in [6, 6.07) is 6.51. The minimum atomic E-state index is 0.744. The Kier molecular flexibility index (Phi) is 2.58. The average Bonchev–Trinajstić information content (AvgIpc) is 2.17. The van der Waals surface area contributed by atoms with Gasteiger partial charge in [-0.05, 0) is 42.5 Å². The molecule has 1 N–H and O–H groups in total. The molecular formula is C11H14BrN. The zero-order valence-corrected chi connectivity index (χ0v) is 9.39. The fourth-order valence-corrected chi connectivity index (χ4v) is 2.37. The van der Waals surface area contributed by atoms with Gasteiger partial charge in [-0.1, -0.05) is 22.9 Å². The van der Waals surface area contributed by atoms with Crippen LogP contribution in [0.4, 0.5) is 5.69 Å². The lowest BCUT2D eigenvalue weighted by Gasteiger charge is -2.25. The smallest absolute Gasteiger partial charge is 0.0376 e. The van der Waals surface area contributed by atoms with E-state index in [-0.39, 0.29) is 0 Å². The van der Waals surface area contributed by atoms with Crippen molar-refractivity contribution < 1.29 is 0 Å². The molecule has 1 nitrogen and oxygen atoms in total. The van der Waals surface area contributed by atoms with Crippen LogP contribution in [0, 0.1) is 0 Å². The average molecular weight is 240 g/mol. The van der Waals surface area contributed by atoms with Gasteiger partial charge in [-0.2, -0.15) is 0 Å². The summed E-state index contributed by atoms with van der Waals surface area (Å²) in [5.74, 6) is 0.744. The van der Waals surface area contributed by atoms with E-state index in [0.717, 1.165) is 12.5 Å². The zero-order valence-electron chi connectivity index (χ0n) is 7.81. The van der Waals surface area contributed by atoms with Crippen LogP contribution < -0.4 is 5.32 Å². The molecule has 0 saturated carbocycles. The van der Waals surface area contributed by atoms with Gasteiger partial charge in [-0.3, -0.25) is 0 Å². The van der Waals surface area contributed by atoms with E-state index >= 15 is 0 Å². The van der Waals surface area contributed by atoms with Gasteiger partial charge in [0.25, 0.3) is 0 Å². The number of nitrogens with one attached hydrogen (secondary N) is 1. The molecule has 2 rings (SSSR count). The lowest BCUT2D eigenvalue weighted by atomic mass is 9.89. The Bertz CT molecular complexity index is 309.